The van der Waals surface area contributed by atoms with Gasteiger partial charge in [-0.15, -0.1) is 0 Å². The van der Waals surface area contributed by atoms with E-state index in [4.69, 9.17) is 9.11 Å². The maximum absolute atomic E-state index is 10.4. The third kappa shape index (κ3) is 18.2. The molecule has 0 aliphatic rings. The SMILES string of the molecule is O=S(=O)(O)CCCCCSCCCCCS(=O)(=O)O. The lowest BCUT2D eigenvalue weighted by atomic mass is 10.3. The van der Waals surface area contributed by atoms with E-state index in [2.05, 4.69) is 0 Å². The number of unbranched alkanes of at least 4 members (excludes halogenated alkanes) is 4. The van der Waals surface area contributed by atoms with Crippen molar-refractivity contribution in [1.82, 2.24) is 0 Å². The van der Waals surface area contributed by atoms with Crippen molar-refractivity contribution >= 4 is 32.0 Å². The van der Waals surface area contributed by atoms with E-state index in [0.717, 1.165) is 37.2 Å². The fourth-order valence-corrected chi connectivity index (χ4v) is 3.59. The zero-order chi connectivity index (χ0) is 14.8. The molecule has 116 valence electrons. The highest BCUT2D eigenvalue weighted by Crippen LogP contribution is 2.10. The summed E-state index contributed by atoms with van der Waals surface area (Å²) in [5.41, 5.74) is 0. The van der Waals surface area contributed by atoms with E-state index in [0.29, 0.717) is 12.8 Å². The molecule has 0 aliphatic heterocycles. The van der Waals surface area contributed by atoms with Gasteiger partial charge in [-0.25, -0.2) is 0 Å². The molecule has 0 aromatic carbocycles. The predicted molar refractivity (Wildman–Crippen MR) is 77.9 cm³/mol. The first-order chi connectivity index (χ1) is 8.71. The Kier molecular flexibility index (Phi) is 10.1. The van der Waals surface area contributed by atoms with Crippen molar-refractivity contribution in [1.29, 1.82) is 0 Å². The van der Waals surface area contributed by atoms with Crippen LogP contribution in [-0.4, -0.2) is 49.0 Å². The van der Waals surface area contributed by atoms with Crippen LogP contribution in [0, 0.1) is 0 Å². The van der Waals surface area contributed by atoms with Gasteiger partial charge in [0.15, 0.2) is 0 Å². The lowest BCUT2D eigenvalue weighted by Crippen LogP contribution is -2.03. The van der Waals surface area contributed by atoms with Gasteiger partial charge >= 0.3 is 0 Å². The Morgan fingerprint density at radius 2 is 1.00 bits per heavy atom. The van der Waals surface area contributed by atoms with Crippen molar-refractivity contribution in [3.63, 3.8) is 0 Å². The van der Waals surface area contributed by atoms with E-state index in [1.165, 1.54) is 0 Å². The van der Waals surface area contributed by atoms with Gasteiger partial charge < -0.3 is 0 Å². The summed E-state index contributed by atoms with van der Waals surface area (Å²) in [6, 6.07) is 0. The van der Waals surface area contributed by atoms with Crippen molar-refractivity contribution in [3.8, 4) is 0 Å². The van der Waals surface area contributed by atoms with Crippen LogP contribution in [0.15, 0.2) is 0 Å². The third-order valence-electron chi connectivity index (χ3n) is 2.38. The molecule has 0 bridgehead atoms. The van der Waals surface area contributed by atoms with E-state index in [9.17, 15) is 16.8 Å². The minimum Gasteiger partial charge on any atom is -0.286 e. The molecule has 0 amide bonds. The van der Waals surface area contributed by atoms with Crippen LogP contribution in [0.3, 0.4) is 0 Å². The molecule has 0 saturated carbocycles. The monoisotopic (exact) mass is 334 g/mol. The second-order valence-electron chi connectivity index (χ2n) is 4.31. The van der Waals surface area contributed by atoms with Crippen LogP contribution in [0.25, 0.3) is 0 Å². The van der Waals surface area contributed by atoms with Crippen molar-refractivity contribution in [3.05, 3.63) is 0 Å². The fourth-order valence-electron chi connectivity index (χ4n) is 1.43. The first-order valence-corrected chi connectivity index (χ1v) is 10.6. The summed E-state index contributed by atoms with van der Waals surface area (Å²) < 4.78 is 58.7. The second-order valence-corrected chi connectivity index (χ2v) is 8.67. The van der Waals surface area contributed by atoms with Gasteiger partial charge in [0.2, 0.25) is 0 Å². The quantitative estimate of drug-likeness (QED) is 0.414. The summed E-state index contributed by atoms with van der Waals surface area (Å²) in [6.07, 6.45) is 4.32. The summed E-state index contributed by atoms with van der Waals surface area (Å²) >= 11 is 1.75. The topological polar surface area (TPSA) is 109 Å². The van der Waals surface area contributed by atoms with Gasteiger partial charge in [-0.1, -0.05) is 12.8 Å². The Balaban J connectivity index is 3.20. The van der Waals surface area contributed by atoms with Gasteiger partial charge in [-0.2, -0.15) is 28.6 Å². The lowest BCUT2D eigenvalue weighted by molar-refractivity contribution is 0.478. The predicted octanol–water partition coefficient (Wildman–Crippen LogP) is 1.84. The average Bonchev–Trinajstić information content (AvgIpc) is 2.22. The molecule has 0 atom stereocenters. The molecular formula is C10H22O6S3. The van der Waals surface area contributed by atoms with Gasteiger partial charge in [-0.3, -0.25) is 9.11 Å². The van der Waals surface area contributed by atoms with Crippen LogP contribution in [0.2, 0.25) is 0 Å². The summed E-state index contributed by atoms with van der Waals surface area (Å²) in [6.45, 7) is 0. The first-order valence-electron chi connectivity index (χ1n) is 6.19. The Morgan fingerprint density at radius 3 is 1.32 bits per heavy atom. The highest BCUT2D eigenvalue weighted by Gasteiger charge is 2.04. The molecule has 6 nitrogen and oxygen atoms in total. The van der Waals surface area contributed by atoms with E-state index >= 15 is 0 Å². The zero-order valence-electron chi connectivity index (χ0n) is 10.8. The van der Waals surface area contributed by atoms with E-state index in [-0.39, 0.29) is 11.5 Å². The number of hydrogen-bond acceptors (Lipinski definition) is 5. The molecule has 0 unspecified atom stereocenters. The van der Waals surface area contributed by atoms with Crippen molar-refractivity contribution in [2.45, 2.75) is 38.5 Å². The van der Waals surface area contributed by atoms with Gasteiger partial charge in [0.1, 0.15) is 0 Å². The van der Waals surface area contributed by atoms with Crippen LogP contribution in [-0.2, 0) is 20.2 Å². The molecular weight excluding hydrogens is 312 g/mol. The van der Waals surface area contributed by atoms with Crippen LogP contribution in [0.4, 0.5) is 0 Å². The Labute approximate surface area is 119 Å². The molecule has 0 heterocycles. The number of thioether (sulfide) groups is 1. The molecule has 0 aromatic rings. The Morgan fingerprint density at radius 1 is 0.632 bits per heavy atom. The van der Waals surface area contributed by atoms with Gasteiger partial charge in [0.25, 0.3) is 20.2 Å². The molecule has 0 fully saturated rings. The Hall–Kier alpha value is 0.170. The van der Waals surface area contributed by atoms with Crippen molar-refractivity contribution in [2.24, 2.45) is 0 Å². The largest absolute Gasteiger partial charge is 0.286 e. The van der Waals surface area contributed by atoms with Gasteiger partial charge in [0.05, 0.1) is 11.5 Å². The standard InChI is InChI=1S/C10H22O6S3/c11-18(12,13)9-5-1-3-7-17-8-4-2-6-10-19(14,15)16/h1-10H2,(H,11,12,13)(H,14,15,16). The first kappa shape index (κ1) is 19.2. The fraction of sp³-hybridized carbons (Fsp3) is 1.00. The van der Waals surface area contributed by atoms with Crippen LogP contribution in [0.1, 0.15) is 38.5 Å². The third-order valence-corrected chi connectivity index (χ3v) is 5.15. The Bertz CT molecular complexity index is 375. The van der Waals surface area contributed by atoms with Crippen LogP contribution < -0.4 is 0 Å². The molecule has 0 aromatic heterocycles. The van der Waals surface area contributed by atoms with E-state index < -0.39 is 20.2 Å². The average molecular weight is 334 g/mol. The molecule has 0 saturated heterocycles. The van der Waals surface area contributed by atoms with Crippen molar-refractivity contribution in [2.75, 3.05) is 23.0 Å². The molecule has 0 spiro atoms. The van der Waals surface area contributed by atoms with Crippen LogP contribution in [0.5, 0.6) is 0 Å². The summed E-state index contributed by atoms with van der Waals surface area (Å²) in [7, 11) is -7.64. The molecule has 2 N–H and O–H groups in total. The molecule has 0 aliphatic carbocycles. The molecule has 9 heteroatoms. The second kappa shape index (κ2) is 9.98. The minimum absolute atomic E-state index is 0.173. The summed E-state index contributed by atoms with van der Waals surface area (Å²) in [5, 5.41) is 0. The minimum atomic E-state index is -3.82. The van der Waals surface area contributed by atoms with Gasteiger partial charge in [0, 0.05) is 0 Å². The lowest BCUT2D eigenvalue weighted by Gasteiger charge is -2.02. The van der Waals surface area contributed by atoms with E-state index in [1.807, 2.05) is 0 Å². The normalized spacial score (nSPS) is 12.7. The summed E-state index contributed by atoms with van der Waals surface area (Å²) in [4.78, 5) is 0. The molecule has 19 heavy (non-hydrogen) atoms. The van der Waals surface area contributed by atoms with Crippen molar-refractivity contribution < 1.29 is 25.9 Å². The smallest absolute Gasteiger partial charge is 0.264 e. The maximum Gasteiger partial charge on any atom is 0.264 e. The number of hydrogen-bond donors (Lipinski definition) is 2. The van der Waals surface area contributed by atoms with Crippen LogP contribution >= 0.6 is 11.8 Å². The van der Waals surface area contributed by atoms with Gasteiger partial charge in [-0.05, 0) is 37.2 Å². The zero-order valence-corrected chi connectivity index (χ0v) is 13.3. The molecule has 0 radical (unpaired) electrons. The highest BCUT2D eigenvalue weighted by atomic mass is 32.2. The molecule has 0 rings (SSSR count). The number of rotatable bonds is 12. The van der Waals surface area contributed by atoms with E-state index in [1.54, 1.807) is 11.8 Å². The summed E-state index contributed by atoms with van der Waals surface area (Å²) in [5.74, 6) is 1.52. The highest BCUT2D eigenvalue weighted by molar-refractivity contribution is 7.99. The maximum atomic E-state index is 10.4.